The lowest BCUT2D eigenvalue weighted by molar-refractivity contribution is 0.414. The van der Waals surface area contributed by atoms with Gasteiger partial charge in [0.05, 0.1) is 7.11 Å². The van der Waals surface area contributed by atoms with Crippen molar-refractivity contribution in [1.29, 1.82) is 0 Å². The molecule has 113 valence electrons. The Morgan fingerprint density at radius 2 is 1.87 bits per heavy atom. The minimum Gasteiger partial charge on any atom is -0.496 e. The second kappa shape index (κ2) is 5.58. The lowest BCUT2D eigenvalue weighted by Crippen LogP contribution is -2.10. The molecule has 0 aliphatic heterocycles. The van der Waals surface area contributed by atoms with Gasteiger partial charge in [-0.3, -0.25) is 0 Å². The smallest absolute Gasteiger partial charge is 0.130 e. The highest BCUT2D eigenvalue weighted by Crippen LogP contribution is 2.41. The maximum Gasteiger partial charge on any atom is 0.130 e. The van der Waals surface area contributed by atoms with Gasteiger partial charge in [-0.15, -0.1) is 0 Å². The highest BCUT2D eigenvalue weighted by Gasteiger charge is 2.24. The van der Waals surface area contributed by atoms with Crippen molar-refractivity contribution < 1.29 is 4.74 Å². The van der Waals surface area contributed by atoms with Gasteiger partial charge in [0.25, 0.3) is 0 Å². The van der Waals surface area contributed by atoms with Gasteiger partial charge >= 0.3 is 0 Å². The van der Waals surface area contributed by atoms with Gasteiger partial charge in [0.2, 0.25) is 0 Å². The molecule has 0 aromatic heterocycles. The van der Waals surface area contributed by atoms with Crippen LogP contribution in [-0.2, 0) is 6.42 Å². The van der Waals surface area contributed by atoms with Crippen LogP contribution < -0.4 is 4.74 Å². The lowest BCUT2D eigenvalue weighted by atomic mass is 9.80. The molecule has 0 fully saturated rings. The Morgan fingerprint density at radius 1 is 1.00 bits per heavy atom. The van der Waals surface area contributed by atoms with E-state index >= 15 is 0 Å². The molecule has 1 unspecified atom stereocenters. The van der Waals surface area contributed by atoms with Crippen molar-refractivity contribution in [1.82, 2.24) is 0 Å². The van der Waals surface area contributed by atoms with E-state index in [-0.39, 0.29) is 5.92 Å². The second-order valence-electron chi connectivity index (χ2n) is 6.06. The Balaban J connectivity index is 1.97. The fraction of sp³-hybridized carbons (Fsp3) is 0.182. The lowest BCUT2D eigenvalue weighted by Gasteiger charge is -2.25. The van der Waals surface area contributed by atoms with E-state index in [0.717, 1.165) is 17.6 Å². The van der Waals surface area contributed by atoms with Gasteiger partial charge in [0.1, 0.15) is 5.75 Å². The summed E-state index contributed by atoms with van der Waals surface area (Å²) < 4.78 is 5.81. The van der Waals surface area contributed by atoms with Crippen molar-refractivity contribution in [3.05, 3.63) is 89.0 Å². The van der Waals surface area contributed by atoms with Crippen LogP contribution in [0.5, 0.6) is 5.75 Å². The predicted octanol–water partition coefficient (Wildman–Crippen LogP) is 5.20. The second-order valence-corrected chi connectivity index (χ2v) is 6.06. The Labute approximate surface area is 137 Å². The molecule has 1 radical (unpaired) electrons. The number of hydrogen-bond donors (Lipinski definition) is 0. The topological polar surface area (TPSA) is 9.23 Å². The van der Waals surface area contributed by atoms with Crippen LogP contribution in [0.25, 0.3) is 10.8 Å². The van der Waals surface area contributed by atoms with Crippen LogP contribution in [0.4, 0.5) is 0 Å². The first-order valence-electron chi connectivity index (χ1n) is 8.01. The molecule has 0 heterocycles. The number of fused-ring (bicyclic) bond motifs is 2. The predicted molar refractivity (Wildman–Crippen MR) is 95.0 cm³/mol. The monoisotopic (exact) mass is 299 g/mol. The average molecular weight is 299 g/mol. The Hall–Kier alpha value is -2.54. The minimum atomic E-state index is 0.138. The molecule has 0 amide bonds. The molecule has 0 N–H and O–H groups in total. The first kappa shape index (κ1) is 14.1. The van der Waals surface area contributed by atoms with Crippen molar-refractivity contribution in [2.45, 2.75) is 19.3 Å². The van der Waals surface area contributed by atoms with E-state index in [1.807, 2.05) is 0 Å². The van der Waals surface area contributed by atoms with Crippen LogP contribution >= 0.6 is 0 Å². The van der Waals surface area contributed by atoms with Gasteiger partial charge in [-0.05, 0) is 41.5 Å². The number of allylic oxidation sites excluding steroid dienone is 2. The zero-order chi connectivity index (χ0) is 15.8. The number of rotatable bonds is 2. The number of ether oxygens (including phenoxy) is 1. The van der Waals surface area contributed by atoms with Gasteiger partial charge in [0, 0.05) is 16.9 Å². The summed E-state index contributed by atoms with van der Waals surface area (Å²) in [7, 11) is 1.76. The van der Waals surface area contributed by atoms with E-state index < -0.39 is 0 Å². The SMILES string of the molecule is COc1c(C2[C]=CCc3cccc(C)c32)ccc2ccccc12. The fourth-order valence-corrected chi connectivity index (χ4v) is 3.66. The van der Waals surface area contributed by atoms with E-state index in [1.54, 1.807) is 7.11 Å². The first-order valence-corrected chi connectivity index (χ1v) is 8.01. The van der Waals surface area contributed by atoms with Gasteiger partial charge in [-0.2, -0.15) is 0 Å². The summed E-state index contributed by atoms with van der Waals surface area (Å²) in [6.07, 6.45) is 6.68. The van der Waals surface area contributed by atoms with Crippen LogP contribution in [0.1, 0.15) is 28.2 Å². The molecule has 3 aromatic rings. The standard InChI is InChI=1S/C22H19O/c1-15-7-5-9-17-10-6-12-19(21(15)17)20-14-13-16-8-3-4-11-18(16)22(20)23-2/h3-9,11,13-14,19H,10H2,1-2H3. The summed E-state index contributed by atoms with van der Waals surface area (Å²) in [5, 5.41) is 2.37. The molecule has 0 spiro atoms. The molecule has 0 saturated heterocycles. The number of methoxy groups -OCH3 is 1. The van der Waals surface area contributed by atoms with Crippen LogP contribution in [0.2, 0.25) is 0 Å². The largest absolute Gasteiger partial charge is 0.496 e. The number of aryl methyl sites for hydroxylation is 1. The zero-order valence-corrected chi connectivity index (χ0v) is 13.5. The van der Waals surface area contributed by atoms with Gasteiger partial charge in [0.15, 0.2) is 0 Å². The molecule has 4 rings (SSSR count). The molecule has 0 saturated carbocycles. The molecule has 0 bridgehead atoms. The quantitative estimate of drug-likeness (QED) is 0.631. The van der Waals surface area contributed by atoms with Crippen molar-refractivity contribution in [2.75, 3.05) is 7.11 Å². The highest BCUT2D eigenvalue weighted by molar-refractivity contribution is 5.90. The summed E-state index contributed by atoms with van der Waals surface area (Å²) in [6.45, 7) is 2.19. The molecule has 1 heteroatoms. The van der Waals surface area contributed by atoms with Gasteiger partial charge < -0.3 is 4.74 Å². The molecule has 3 aromatic carbocycles. The third-order valence-corrected chi connectivity index (χ3v) is 4.73. The molecular formula is C22H19O. The van der Waals surface area contributed by atoms with Crippen LogP contribution in [-0.4, -0.2) is 7.11 Å². The van der Waals surface area contributed by atoms with E-state index in [1.165, 1.54) is 27.6 Å². The van der Waals surface area contributed by atoms with Gasteiger partial charge in [-0.1, -0.05) is 60.7 Å². The summed E-state index contributed by atoms with van der Waals surface area (Å²) in [6, 6.07) is 19.3. The Kier molecular flexibility index (Phi) is 3.42. The molecule has 1 aliphatic carbocycles. The molecular weight excluding hydrogens is 280 g/mol. The number of hydrogen-bond acceptors (Lipinski definition) is 1. The van der Waals surface area contributed by atoms with Crippen LogP contribution in [0.15, 0.2) is 60.7 Å². The Bertz CT molecular complexity index is 905. The van der Waals surface area contributed by atoms with Gasteiger partial charge in [-0.25, -0.2) is 0 Å². The molecule has 1 nitrogen and oxygen atoms in total. The zero-order valence-electron chi connectivity index (χ0n) is 13.5. The maximum atomic E-state index is 5.81. The summed E-state index contributed by atoms with van der Waals surface area (Å²) in [5.41, 5.74) is 5.29. The van der Waals surface area contributed by atoms with Crippen LogP contribution in [0.3, 0.4) is 0 Å². The molecule has 23 heavy (non-hydrogen) atoms. The van der Waals surface area contributed by atoms with E-state index in [2.05, 4.69) is 73.7 Å². The third-order valence-electron chi connectivity index (χ3n) is 4.73. The van der Waals surface area contributed by atoms with E-state index in [4.69, 9.17) is 4.74 Å². The highest BCUT2D eigenvalue weighted by atomic mass is 16.5. The normalized spacial score (nSPS) is 16.3. The van der Waals surface area contributed by atoms with E-state index in [0.29, 0.717) is 0 Å². The summed E-state index contributed by atoms with van der Waals surface area (Å²) in [5.74, 6) is 1.10. The van der Waals surface area contributed by atoms with Crippen molar-refractivity contribution in [2.24, 2.45) is 0 Å². The molecule has 1 atom stereocenters. The van der Waals surface area contributed by atoms with Crippen molar-refractivity contribution >= 4 is 10.8 Å². The third kappa shape index (κ3) is 2.24. The summed E-state index contributed by atoms with van der Waals surface area (Å²) >= 11 is 0. The Morgan fingerprint density at radius 3 is 2.74 bits per heavy atom. The first-order chi connectivity index (χ1) is 11.3. The van der Waals surface area contributed by atoms with E-state index in [9.17, 15) is 0 Å². The fourth-order valence-electron chi connectivity index (χ4n) is 3.66. The van der Waals surface area contributed by atoms with Crippen molar-refractivity contribution in [3.63, 3.8) is 0 Å². The summed E-state index contributed by atoms with van der Waals surface area (Å²) in [4.78, 5) is 0. The minimum absolute atomic E-state index is 0.138. The van der Waals surface area contributed by atoms with Crippen LogP contribution in [0, 0.1) is 13.0 Å². The number of benzene rings is 3. The van der Waals surface area contributed by atoms with Crippen molar-refractivity contribution in [3.8, 4) is 5.75 Å². The maximum absolute atomic E-state index is 5.81. The molecule has 1 aliphatic rings. The average Bonchev–Trinajstić information content (AvgIpc) is 2.60.